The summed E-state index contributed by atoms with van der Waals surface area (Å²) in [6, 6.07) is 10.2. The van der Waals surface area contributed by atoms with E-state index in [1.54, 1.807) is 36.4 Å². The molecule has 0 spiro atoms. The van der Waals surface area contributed by atoms with Gasteiger partial charge in [-0.05, 0) is 30.3 Å². The number of ketones is 1. The number of fused-ring (bicyclic) bond motifs is 1. The average Bonchev–Trinajstić information content (AvgIpc) is 2.90. The Kier molecular flexibility index (Phi) is 3.34. The van der Waals surface area contributed by atoms with Crippen LogP contribution in [-0.2, 0) is 0 Å². The van der Waals surface area contributed by atoms with Gasteiger partial charge in [0.05, 0.1) is 17.6 Å². The van der Waals surface area contributed by atoms with Gasteiger partial charge in [0.15, 0.2) is 5.78 Å². The molecule has 6 heteroatoms. The molecule has 0 atom stereocenters. The van der Waals surface area contributed by atoms with Gasteiger partial charge in [0.25, 0.3) is 5.91 Å². The van der Waals surface area contributed by atoms with E-state index in [4.69, 9.17) is 5.73 Å². The summed E-state index contributed by atoms with van der Waals surface area (Å²) in [5, 5.41) is 3.52. The molecule has 1 amide bonds. The van der Waals surface area contributed by atoms with Crippen LogP contribution in [-0.4, -0.2) is 21.7 Å². The molecule has 2 heterocycles. The lowest BCUT2D eigenvalue weighted by atomic mass is 10.2. The Bertz CT molecular complexity index is 883. The second kappa shape index (κ2) is 5.33. The van der Waals surface area contributed by atoms with Crippen molar-refractivity contribution in [1.29, 1.82) is 0 Å². The first-order valence-electron chi connectivity index (χ1n) is 6.69. The first-order valence-corrected chi connectivity index (χ1v) is 6.69. The van der Waals surface area contributed by atoms with E-state index >= 15 is 0 Å². The number of Topliss-reactive ketones (excluding diaryl/α,β-unsaturated/α-hetero) is 1. The number of H-pyrrole nitrogens is 1. The van der Waals surface area contributed by atoms with E-state index in [0.717, 1.165) is 5.39 Å². The van der Waals surface area contributed by atoms with E-state index in [9.17, 15) is 9.59 Å². The number of nitrogens with two attached hydrogens (primary N) is 1. The van der Waals surface area contributed by atoms with Crippen molar-refractivity contribution in [3.05, 3.63) is 53.9 Å². The Morgan fingerprint density at radius 1 is 1.23 bits per heavy atom. The maximum atomic E-state index is 12.2. The third-order valence-electron chi connectivity index (χ3n) is 3.26. The molecule has 0 aliphatic heterocycles. The van der Waals surface area contributed by atoms with Gasteiger partial charge in [0, 0.05) is 23.6 Å². The van der Waals surface area contributed by atoms with Crippen molar-refractivity contribution in [3.63, 3.8) is 0 Å². The summed E-state index contributed by atoms with van der Waals surface area (Å²) in [7, 11) is 0. The highest BCUT2D eigenvalue weighted by Crippen LogP contribution is 2.19. The second-order valence-electron chi connectivity index (χ2n) is 4.98. The molecular formula is C16H14N4O2. The number of hydrogen-bond donors (Lipinski definition) is 3. The quantitative estimate of drug-likeness (QED) is 0.510. The number of nitrogens with zero attached hydrogens (tertiary/aromatic N) is 1. The minimum atomic E-state index is -0.268. The monoisotopic (exact) mass is 294 g/mol. The van der Waals surface area contributed by atoms with Crippen molar-refractivity contribution in [1.82, 2.24) is 9.97 Å². The average molecular weight is 294 g/mol. The van der Waals surface area contributed by atoms with Crippen LogP contribution in [0.4, 0.5) is 11.4 Å². The lowest BCUT2D eigenvalue weighted by Gasteiger charge is -2.05. The molecule has 0 fully saturated rings. The minimum absolute atomic E-state index is 0.0663. The van der Waals surface area contributed by atoms with Gasteiger partial charge < -0.3 is 16.0 Å². The van der Waals surface area contributed by atoms with Crippen LogP contribution in [0.3, 0.4) is 0 Å². The molecule has 0 aliphatic rings. The first kappa shape index (κ1) is 13.8. The summed E-state index contributed by atoms with van der Waals surface area (Å²) in [5.74, 6) is -0.334. The van der Waals surface area contributed by atoms with Crippen molar-refractivity contribution in [3.8, 4) is 0 Å². The van der Waals surface area contributed by atoms with Crippen LogP contribution in [0.15, 0.2) is 42.6 Å². The summed E-state index contributed by atoms with van der Waals surface area (Å²) >= 11 is 0. The van der Waals surface area contributed by atoms with E-state index in [2.05, 4.69) is 15.3 Å². The summed E-state index contributed by atoms with van der Waals surface area (Å²) in [6.07, 6.45) is 1.53. The number of rotatable bonds is 3. The highest BCUT2D eigenvalue weighted by atomic mass is 16.1. The smallest absolute Gasteiger partial charge is 0.255 e. The molecule has 3 rings (SSSR count). The molecular weight excluding hydrogens is 280 g/mol. The van der Waals surface area contributed by atoms with E-state index in [1.807, 2.05) is 0 Å². The fourth-order valence-electron chi connectivity index (χ4n) is 2.16. The molecule has 0 saturated carbocycles. The largest absolute Gasteiger partial charge is 0.399 e. The summed E-state index contributed by atoms with van der Waals surface area (Å²) in [5.41, 5.74) is 8.31. The molecule has 0 aliphatic carbocycles. The minimum Gasteiger partial charge on any atom is -0.399 e. The highest BCUT2D eigenvalue weighted by Gasteiger charge is 2.09. The zero-order valence-electron chi connectivity index (χ0n) is 11.9. The van der Waals surface area contributed by atoms with Crippen molar-refractivity contribution in [2.45, 2.75) is 6.92 Å². The lowest BCUT2D eigenvalue weighted by Crippen LogP contribution is -2.12. The predicted octanol–water partition coefficient (Wildman–Crippen LogP) is 2.60. The molecule has 3 aromatic rings. The van der Waals surface area contributed by atoms with Gasteiger partial charge in [-0.25, -0.2) is 4.98 Å². The van der Waals surface area contributed by atoms with Crippen LogP contribution in [0.2, 0.25) is 0 Å². The third kappa shape index (κ3) is 2.67. The van der Waals surface area contributed by atoms with Crippen LogP contribution in [0, 0.1) is 0 Å². The molecule has 2 aromatic heterocycles. The topological polar surface area (TPSA) is 101 Å². The molecule has 6 nitrogen and oxygen atoms in total. The Hall–Kier alpha value is -3.15. The van der Waals surface area contributed by atoms with Gasteiger partial charge >= 0.3 is 0 Å². The summed E-state index contributed by atoms with van der Waals surface area (Å²) < 4.78 is 0. The van der Waals surface area contributed by atoms with Crippen molar-refractivity contribution < 1.29 is 9.59 Å². The van der Waals surface area contributed by atoms with Crippen LogP contribution in [0.25, 0.3) is 11.0 Å². The summed E-state index contributed by atoms with van der Waals surface area (Å²) in [6.45, 7) is 1.48. The molecule has 0 bridgehead atoms. The van der Waals surface area contributed by atoms with Crippen molar-refractivity contribution >= 4 is 34.1 Å². The van der Waals surface area contributed by atoms with Crippen LogP contribution < -0.4 is 11.1 Å². The predicted molar refractivity (Wildman–Crippen MR) is 84.9 cm³/mol. The fraction of sp³-hybridized carbons (Fsp3) is 0.0625. The summed E-state index contributed by atoms with van der Waals surface area (Å²) in [4.78, 5) is 30.6. The molecule has 0 unspecified atom stereocenters. The Balaban J connectivity index is 1.87. The zero-order chi connectivity index (χ0) is 15.7. The number of carbonyl (C=O) groups excluding carboxylic acids is 2. The molecule has 1 aromatic carbocycles. The molecule has 4 N–H and O–H groups in total. The van der Waals surface area contributed by atoms with E-state index in [0.29, 0.717) is 28.3 Å². The van der Waals surface area contributed by atoms with Crippen molar-refractivity contribution in [2.24, 2.45) is 0 Å². The number of hydrogen-bond acceptors (Lipinski definition) is 4. The third-order valence-corrected chi connectivity index (χ3v) is 3.26. The Morgan fingerprint density at radius 2 is 2.05 bits per heavy atom. The van der Waals surface area contributed by atoms with E-state index < -0.39 is 0 Å². The highest BCUT2D eigenvalue weighted by molar-refractivity contribution is 6.05. The number of benzene rings is 1. The van der Waals surface area contributed by atoms with Crippen LogP contribution >= 0.6 is 0 Å². The maximum Gasteiger partial charge on any atom is 0.255 e. The second-order valence-corrected chi connectivity index (χ2v) is 4.98. The number of nitrogens with one attached hydrogen (secondary N) is 2. The number of aromatic nitrogens is 2. The molecule has 110 valence electrons. The number of amides is 1. The zero-order valence-corrected chi connectivity index (χ0v) is 11.9. The normalized spacial score (nSPS) is 10.6. The lowest BCUT2D eigenvalue weighted by molar-refractivity contribution is 0.101. The Morgan fingerprint density at radius 3 is 2.77 bits per heavy atom. The van der Waals surface area contributed by atoms with Crippen LogP contribution in [0.1, 0.15) is 27.8 Å². The van der Waals surface area contributed by atoms with E-state index in [-0.39, 0.29) is 11.7 Å². The SMILES string of the molecule is CC(=O)c1cc2cc(NC(=O)c3cccc(N)c3)cnc2[nH]1. The van der Waals surface area contributed by atoms with Gasteiger partial charge in [0.2, 0.25) is 0 Å². The van der Waals surface area contributed by atoms with Gasteiger partial charge in [-0.15, -0.1) is 0 Å². The van der Waals surface area contributed by atoms with Gasteiger partial charge in [-0.2, -0.15) is 0 Å². The number of nitrogen functional groups attached to an aromatic ring is 1. The standard InChI is InChI=1S/C16H14N4O2/c1-9(21)14-7-11-6-13(8-18-15(11)20-14)19-16(22)10-3-2-4-12(17)5-10/h2-8H,17H2,1H3,(H,18,20)(H,19,22). The maximum absolute atomic E-state index is 12.2. The first-order chi connectivity index (χ1) is 10.5. The van der Waals surface area contributed by atoms with Gasteiger partial charge in [-0.1, -0.05) is 6.07 Å². The van der Waals surface area contributed by atoms with Gasteiger partial charge in [0.1, 0.15) is 5.65 Å². The van der Waals surface area contributed by atoms with Gasteiger partial charge in [-0.3, -0.25) is 9.59 Å². The number of pyridine rings is 1. The molecule has 0 saturated heterocycles. The Labute approximate surface area is 126 Å². The molecule has 0 radical (unpaired) electrons. The van der Waals surface area contributed by atoms with E-state index in [1.165, 1.54) is 13.1 Å². The van der Waals surface area contributed by atoms with Crippen molar-refractivity contribution in [2.75, 3.05) is 11.1 Å². The number of anilines is 2. The fourth-order valence-corrected chi connectivity index (χ4v) is 2.16. The number of aromatic amines is 1. The molecule has 22 heavy (non-hydrogen) atoms. The number of carbonyl (C=O) groups is 2. The van der Waals surface area contributed by atoms with Crippen LogP contribution in [0.5, 0.6) is 0 Å².